The lowest BCUT2D eigenvalue weighted by molar-refractivity contribution is -0.151. The smallest absolute Gasteiger partial charge is 0.310 e. The van der Waals surface area contributed by atoms with Crippen molar-refractivity contribution in [3.63, 3.8) is 0 Å². The Hall–Kier alpha value is -3.03. The minimum Gasteiger partial charge on any atom is -0.481 e. The van der Waals surface area contributed by atoms with Gasteiger partial charge in [-0.25, -0.2) is 4.39 Å². The second-order valence-corrected chi connectivity index (χ2v) is 13.1. The number of hydrogen-bond donors (Lipinski definition) is 1. The summed E-state index contributed by atoms with van der Waals surface area (Å²) in [4.78, 5) is 17.1. The largest absolute Gasteiger partial charge is 0.481 e. The average Bonchev–Trinajstić information content (AvgIpc) is 3.57. The highest BCUT2D eigenvalue weighted by Crippen LogP contribution is 2.38. The third-order valence-corrected chi connectivity index (χ3v) is 10.00. The molecule has 1 unspecified atom stereocenters. The number of halogens is 1. The standard InChI is InChI=1S/C35H47FN4O2/c1-5-40-33(20-31(37-40)18-26-10-7-6-8-11-26)27-14-16-38(17-15-27)21-29-22-39(24-35(4,25(2)3)34(41)42)23-32(29)28-12-9-13-30(36)19-28/h6-13,19-20,25,27,29,32H,5,14-18,21-24H2,1-4H3,(H,41,42)/t29-,32+,35?/m0/s1. The van der Waals surface area contributed by atoms with E-state index in [9.17, 15) is 14.3 Å². The van der Waals surface area contributed by atoms with Crippen molar-refractivity contribution >= 4 is 5.97 Å². The molecule has 2 fully saturated rings. The van der Waals surface area contributed by atoms with Gasteiger partial charge in [-0.2, -0.15) is 5.10 Å². The molecule has 2 aliphatic rings. The molecule has 2 aliphatic heterocycles. The van der Waals surface area contributed by atoms with E-state index in [-0.39, 0.29) is 17.7 Å². The number of aromatic nitrogens is 2. The van der Waals surface area contributed by atoms with Crippen LogP contribution in [0, 0.1) is 23.1 Å². The van der Waals surface area contributed by atoms with Gasteiger partial charge in [0.05, 0.1) is 11.1 Å². The molecule has 1 aromatic heterocycles. The minimum absolute atomic E-state index is 0.0189. The van der Waals surface area contributed by atoms with E-state index in [0.717, 1.165) is 69.8 Å². The van der Waals surface area contributed by atoms with E-state index >= 15 is 0 Å². The molecule has 0 amide bonds. The number of piperidine rings is 1. The number of benzene rings is 2. The summed E-state index contributed by atoms with van der Waals surface area (Å²) in [5.74, 6) is 0.0776. The molecule has 3 heterocycles. The quantitative estimate of drug-likeness (QED) is 0.292. The van der Waals surface area contributed by atoms with Crippen LogP contribution in [0.15, 0.2) is 60.7 Å². The molecule has 7 heteroatoms. The molecule has 0 saturated carbocycles. The van der Waals surface area contributed by atoms with Gasteiger partial charge >= 0.3 is 5.97 Å². The van der Waals surface area contributed by atoms with Gasteiger partial charge < -0.3 is 14.9 Å². The zero-order valence-corrected chi connectivity index (χ0v) is 25.7. The Kier molecular flexibility index (Phi) is 9.48. The van der Waals surface area contributed by atoms with Gasteiger partial charge in [-0.1, -0.05) is 56.3 Å². The van der Waals surface area contributed by atoms with Crippen molar-refractivity contribution in [2.75, 3.05) is 39.3 Å². The zero-order valence-electron chi connectivity index (χ0n) is 25.7. The van der Waals surface area contributed by atoms with Crippen molar-refractivity contribution in [3.05, 3.63) is 89.0 Å². The molecule has 1 N–H and O–H groups in total. The highest BCUT2D eigenvalue weighted by Gasteiger charge is 2.43. The highest BCUT2D eigenvalue weighted by molar-refractivity contribution is 5.74. The zero-order chi connectivity index (χ0) is 29.9. The molecule has 6 nitrogen and oxygen atoms in total. The Balaban J connectivity index is 1.25. The van der Waals surface area contributed by atoms with E-state index in [0.29, 0.717) is 18.4 Å². The summed E-state index contributed by atoms with van der Waals surface area (Å²) in [6.45, 7) is 14.0. The van der Waals surface area contributed by atoms with Crippen LogP contribution in [0.25, 0.3) is 0 Å². The van der Waals surface area contributed by atoms with E-state index < -0.39 is 11.4 Å². The topological polar surface area (TPSA) is 61.6 Å². The van der Waals surface area contributed by atoms with Gasteiger partial charge in [0.25, 0.3) is 0 Å². The van der Waals surface area contributed by atoms with Crippen LogP contribution >= 0.6 is 0 Å². The molecule has 42 heavy (non-hydrogen) atoms. The number of carboxylic acids is 1. The maximum atomic E-state index is 14.3. The summed E-state index contributed by atoms with van der Waals surface area (Å²) in [6.07, 6.45) is 3.06. The van der Waals surface area contributed by atoms with E-state index in [1.807, 2.05) is 26.8 Å². The van der Waals surface area contributed by atoms with Crippen LogP contribution in [0.4, 0.5) is 4.39 Å². The number of aryl methyl sites for hydroxylation is 1. The van der Waals surface area contributed by atoms with Crippen LogP contribution in [0.1, 0.15) is 74.9 Å². The van der Waals surface area contributed by atoms with Crippen molar-refractivity contribution in [1.29, 1.82) is 0 Å². The molecule has 0 aliphatic carbocycles. The first-order valence-corrected chi connectivity index (χ1v) is 15.7. The molecule has 3 aromatic rings. The Bertz CT molecular complexity index is 1330. The number of aliphatic carboxylic acids is 1. The molecule has 2 aromatic carbocycles. The van der Waals surface area contributed by atoms with E-state index in [4.69, 9.17) is 5.10 Å². The van der Waals surface area contributed by atoms with Crippen LogP contribution in [0.2, 0.25) is 0 Å². The number of carbonyl (C=O) groups is 1. The lowest BCUT2D eigenvalue weighted by atomic mass is 9.78. The molecular weight excluding hydrogens is 527 g/mol. The van der Waals surface area contributed by atoms with Gasteiger partial charge in [0, 0.05) is 56.7 Å². The predicted molar refractivity (Wildman–Crippen MR) is 165 cm³/mol. The lowest BCUT2D eigenvalue weighted by Gasteiger charge is -2.35. The monoisotopic (exact) mass is 574 g/mol. The van der Waals surface area contributed by atoms with Crippen LogP contribution in [0.3, 0.4) is 0 Å². The lowest BCUT2D eigenvalue weighted by Crippen LogP contribution is -2.44. The number of likely N-dealkylation sites (tertiary alicyclic amines) is 2. The van der Waals surface area contributed by atoms with E-state index in [1.54, 1.807) is 12.1 Å². The molecule has 2 saturated heterocycles. The van der Waals surface area contributed by atoms with Crippen LogP contribution < -0.4 is 0 Å². The molecule has 0 spiro atoms. The van der Waals surface area contributed by atoms with Crippen molar-refractivity contribution in [2.45, 2.75) is 65.3 Å². The fourth-order valence-electron chi connectivity index (χ4n) is 7.05. The Morgan fingerprint density at radius 2 is 1.79 bits per heavy atom. The number of hydrogen-bond acceptors (Lipinski definition) is 4. The third kappa shape index (κ3) is 6.78. The maximum Gasteiger partial charge on any atom is 0.310 e. The maximum absolute atomic E-state index is 14.3. The summed E-state index contributed by atoms with van der Waals surface area (Å²) in [5, 5.41) is 15.0. The Morgan fingerprint density at radius 1 is 1.05 bits per heavy atom. The summed E-state index contributed by atoms with van der Waals surface area (Å²) in [5.41, 5.74) is 3.99. The summed E-state index contributed by atoms with van der Waals surface area (Å²) in [6, 6.07) is 19.9. The summed E-state index contributed by atoms with van der Waals surface area (Å²) >= 11 is 0. The van der Waals surface area contributed by atoms with Gasteiger partial charge in [0.1, 0.15) is 5.82 Å². The van der Waals surface area contributed by atoms with Crippen molar-refractivity contribution in [2.24, 2.45) is 17.3 Å². The number of nitrogens with zero attached hydrogens (tertiary/aromatic N) is 4. The molecule has 5 rings (SSSR count). The van der Waals surface area contributed by atoms with Crippen LogP contribution in [-0.4, -0.2) is 69.9 Å². The van der Waals surface area contributed by atoms with Crippen LogP contribution in [-0.2, 0) is 17.8 Å². The van der Waals surface area contributed by atoms with Crippen molar-refractivity contribution in [3.8, 4) is 0 Å². The van der Waals surface area contributed by atoms with Gasteiger partial charge in [0.15, 0.2) is 0 Å². The Labute approximate surface area is 250 Å². The SMILES string of the molecule is CCn1nc(Cc2ccccc2)cc1C1CCN(C[C@H]2CN(CC(C)(C(=O)O)C(C)C)C[C@@H]2c2cccc(F)c2)CC1. The summed E-state index contributed by atoms with van der Waals surface area (Å²) < 4.78 is 16.5. The summed E-state index contributed by atoms with van der Waals surface area (Å²) in [7, 11) is 0. The second kappa shape index (κ2) is 13.1. The number of carboxylic acid groups (broad SMARTS) is 1. The fourth-order valence-corrected chi connectivity index (χ4v) is 7.05. The van der Waals surface area contributed by atoms with Crippen molar-refractivity contribution < 1.29 is 14.3 Å². The van der Waals surface area contributed by atoms with Gasteiger partial charge in [-0.3, -0.25) is 9.48 Å². The van der Waals surface area contributed by atoms with Gasteiger partial charge in [-0.05, 0) is 80.9 Å². The average molecular weight is 575 g/mol. The first-order chi connectivity index (χ1) is 20.2. The molecule has 226 valence electrons. The number of rotatable bonds is 11. The van der Waals surface area contributed by atoms with Gasteiger partial charge in [0.2, 0.25) is 0 Å². The fraction of sp³-hybridized carbons (Fsp3) is 0.543. The Morgan fingerprint density at radius 3 is 2.43 bits per heavy atom. The highest BCUT2D eigenvalue weighted by atomic mass is 19.1. The minimum atomic E-state index is -0.818. The molecule has 3 atom stereocenters. The van der Waals surface area contributed by atoms with E-state index in [1.165, 1.54) is 17.3 Å². The molecule has 0 radical (unpaired) electrons. The third-order valence-electron chi connectivity index (χ3n) is 10.00. The van der Waals surface area contributed by atoms with Gasteiger partial charge in [-0.15, -0.1) is 0 Å². The van der Waals surface area contributed by atoms with Crippen LogP contribution in [0.5, 0.6) is 0 Å². The normalized spacial score (nSPS) is 22.0. The first kappa shape index (κ1) is 30.4. The van der Waals surface area contributed by atoms with Crippen molar-refractivity contribution in [1.82, 2.24) is 19.6 Å². The first-order valence-electron chi connectivity index (χ1n) is 15.7. The second-order valence-electron chi connectivity index (χ2n) is 13.1. The predicted octanol–water partition coefficient (Wildman–Crippen LogP) is 6.27. The molecular formula is C35H47FN4O2. The van der Waals surface area contributed by atoms with E-state index in [2.05, 4.69) is 57.8 Å². The molecule has 0 bridgehead atoms.